The first-order valence-electron chi connectivity index (χ1n) is 4.14. The van der Waals surface area contributed by atoms with Crippen molar-refractivity contribution in [2.24, 2.45) is 0 Å². The molecule has 66 valence electrons. The lowest BCUT2D eigenvalue weighted by atomic mass is 10.1. The molecule has 0 aliphatic heterocycles. The van der Waals surface area contributed by atoms with E-state index in [1.165, 1.54) is 5.56 Å². The lowest BCUT2D eigenvalue weighted by Crippen LogP contribution is -2.00. The highest BCUT2D eigenvalue weighted by Gasteiger charge is 2.05. The summed E-state index contributed by atoms with van der Waals surface area (Å²) in [6.07, 6.45) is 2.15. The Morgan fingerprint density at radius 2 is 1.67 bits per heavy atom. The summed E-state index contributed by atoms with van der Waals surface area (Å²) >= 11 is 5.70. The molecule has 0 fully saturated rings. The van der Waals surface area contributed by atoms with Gasteiger partial charge >= 0.3 is 0 Å². The second kappa shape index (κ2) is 3.85. The van der Waals surface area contributed by atoms with Gasteiger partial charge in [-0.05, 0) is 37.4 Å². The molecule has 1 aromatic rings. The Morgan fingerprint density at radius 1 is 1.17 bits per heavy atom. The molecule has 0 N–H and O–H groups in total. The van der Waals surface area contributed by atoms with E-state index in [9.17, 15) is 0 Å². The molecule has 0 saturated heterocycles. The van der Waals surface area contributed by atoms with Gasteiger partial charge in [-0.1, -0.05) is 13.3 Å². The topological polar surface area (TPSA) is 25.8 Å². The summed E-state index contributed by atoms with van der Waals surface area (Å²) < 4.78 is 0. The van der Waals surface area contributed by atoms with E-state index >= 15 is 0 Å². The summed E-state index contributed by atoms with van der Waals surface area (Å²) in [7, 11) is 0. The summed E-state index contributed by atoms with van der Waals surface area (Å²) in [5.74, 6) is 0. The fraction of sp³-hybridized carbons (Fsp3) is 0.556. The molecule has 12 heavy (non-hydrogen) atoms. The first kappa shape index (κ1) is 9.46. The fourth-order valence-corrected chi connectivity index (χ4v) is 1.56. The van der Waals surface area contributed by atoms with Gasteiger partial charge in [0.2, 0.25) is 5.28 Å². The van der Waals surface area contributed by atoms with Crippen LogP contribution in [0.4, 0.5) is 0 Å². The molecule has 0 aliphatic carbocycles. The first-order chi connectivity index (χ1) is 5.65. The Morgan fingerprint density at radius 3 is 2.08 bits per heavy atom. The Kier molecular flexibility index (Phi) is 3.04. The van der Waals surface area contributed by atoms with E-state index in [-0.39, 0.29) is 0 Å². The van der Waals surface area contributed by atoms with E-state index in [0.717, 1.165) is 24.2 Å². The molecule has 1 rings (SSSR count). The van der Waals surface area contributed by atoms with E-state index in [2.05, 4.69) is 16.9 Å². The van der Waals surface area contributed by atoms with Crippen molar-refractivity contribution in [3.63, 3.8) is 0 Å². The molecule has 1 heterocycles. The van der Waals surface area contributed by atoms with Crippen LogP contribution in [0.3, 0.4) is 0 Å². The Labute approximate surface area is 78.0 Å². The van der Waals surface area contributed by atoms with Gasteiger partial charge in [0.25, 0.3) is 0 Å². The van der Waals surface area contributed by atoms with Crippen LogP contribution in [0.1, 0.15) is 30.3 Å². The normalized spacial score (nSPS) is 10.3. The van der Waals surface area contributed by atoms with Gasteiger partial charge < -0.3 is 0 Å². The van der Waals surface area contributed by atoms with Crippen LogP contribution in [0.25, 0.3) is 0 Å². The Hall–Kier alpha value is -0.630. The molecule has 0 unspecified atom stereocenters. The van der Waals surface area contributed by atoms with Crippen molar-refractivity contribution >= 4 is 11.6 Å². The van der Waals surface area contributed by atoms with E-state index in [0.29, 0.717) is 5.28 Å². The SMILES string of the molecule is CCCc1c(C)nc(Cl)nc1C. The number of halogens is 1. The molecule has 0 radical (unpaired) electrons. The highest BCUT2D eigenvalue weighted by atomic mass is 35.5. The number of rotatable bonds is 2. The molecule has 0 saturated carbocycles. The van der Waals surface area contributed by atoms with Crippen molar-refractivity contribution in [1.82, 2.24) is 9.97 Å². The first-order valence-corrected chi connectivity index (χ1v) is 4.52. The maximum atomic E-state index is 5.70. The van der Waals surface area contributed by atoms with Gasteiger partial charge in [-0.25, -0.2) is 9.97 Å². The number of aromatic nitrogens is 2. The molecule has 0 aliphatic rings. The van der Waals surface area contributed by atoms with Crippen LogP contribution in [0.15, 0.2) is 0 Å². The molecule has 3 heteroatoms. The minimum absolute atomic E-state index is 0.352. The third kappa shape index (κ3) is 1.95. The van der Waals surface area contributed by atoms with Gasteiger partial charge in [0.15, 0.2) is 0 Å². The second-order valence-electron chi connectivity index (χ2n) is 2.89. The van der Waals surface area contributed by atoms with E-state index in [1.807, 2.05) is 13.8 Å². The maximum absolute atomic E-state index is 5.70. The van der Waals surface area contributed by atoms with Crippen LogP contribution in [-0.4, -0.2) is 9.97 Å². The van der Waals surface area contributed by atoms with Gasteiger partial charge in [0, 0.05) is 11.4 Å². The van der Waals surface area contributed by atoms with Crippen molar-refractivity contribution in [3.8, 4) is 0 Å². The molecule has 0 atom stereocenters. The van der Waals surface area contributed by atoms with Crippen LogP contribution in [-0.2, 0) is 6.42 Å². The van der Waals surface area contributed by atoms with Gasteiger partial charge in [-0.15, -0.1) is 0 Å². The summed E-state index contributed by atoms with van der Waals surface area (Å²) in [6.45, 7) is 6.10. The minimum Gasteiger partial charge on any atom is -0.223 e. The zero-order valence-corrected chi connectivity index (χ0v) is 8.44. The molecule has 2 nitrogen and oxygen atoms in total. The lowest BCUT2D eigenvalue weighted by Gasteiger charge is -2.06. The van der Waals surface area contributed by atoms with Gasteiger partial charge in [0.05, 0.1) is 0 Å². The number of hydrogen-bond donors (Lipinski definition) is 0. The van der Waals surface area contributed by atoms with E-state index in [1.54, 1.807) is 0 Å². The third-order valence-corrected chi connectivity index (χ3v) is 2.06. The monoisotopic (exact) mass is 184 g/mol. The second-order valence-corrected chi connectivity index (χ2v) is 3.23. The third-order valence-electron chi connectivity index (χ3n) is 1.89. The van der Waals surface area contributed by atoms with Crippen LogP contribution < -0.4 is 0 Å². The highest BCUT2D eigenvalue weighted by molar-refractivity contribution is 6.28. The maximum Gasteiger partial charge on any atom is 0.222 e. The summed E-state index contributed by atoms with van der Waals surface area (Å²) in [5, 5.41) is 0.352. The quantitative estimate of drug-likeness (QED) is 0.661. The molecule has 1 aromatic heterocycles. The highest BCUT2D eigenvalue weighted by Crippen LogP contribution is 2.14. The van der Waals surface area contributed by atoms with Crippen molar-refractivity contribution in [3.05, 3.63) is 22.2 Å². The average Bonchev–Trinajstić information content (AvgIpc) is 1.96. The van der Waals surface area contributed by atoms with Crippen LogP contribution >= 0.6 is 11.6 Å². The summed E-state index contributed by atoms with van der Waals surface area (Å²) in [6, 6.07) is 0. The van der Waals surface area contributed by atoms with E-state index in [4.69, 9.17) is 11.6 Å². The molecular formula is C9H13ClN2. The number of hydrogen-bond acceptors (Lipinski definition) is 2. The molecular weight excluding hydrogens is 172 g/mol. The van der Waals surface area contributed by atoms with Crippen LogP contribution in [0, 0.1) is 13.8 Å². The summed E-state index contributed by atoms with van der Waals surface area (Å²) in [5.41, 5.74) is 3.26. The molecule has 0 bridgehead atoms. The smallest absolute Gasteiger partial charge is 0.222 e. The molecule has 0 aromatic carbocycles. The van der Waals surface area contributed by atoms with Crippen molar-refractivity contribution < 1.29 is 0 Å². The van der Waals surface area contributed by atoms with Crippen LogP contribution in [0.2, 0.25) is 5.28 Å². The lowest BCUT2D eigenvalue weighted by molar-refractivity contribution is 0.864. The predicted molar refractivity (Wildman–Crippen MR) is 50.5 cm³/mol. The van der Waals surface area contributed by atoms with Crippen LogP contribution in [0.5, 0.6) is 0 Å². The van der Waals surface area contributed by atoms with Gasteiger partial charge in [-0.2, -0.15) is 0 Å². The zero-order chi connectivity index (χ0) is 9.14. The number of aryl methyl sites for hydroxylation is 2. The van der Waals surface area contributed by atoms with Gasteiger partial charge in [-0.3, -0.25) is 0 Å². The van der Waals surface area contributed by atoms with Crippen molar-refractivity contribution in [1.29, 1.82) is 0 Å². The van der Waals surface area contributed by atoms with Gasteiger partial charge in [0.1, 0.15) is 0 Å². The largest absolute Gasteiger partial charge is 0.223 e. The Bertz CT molecular complexity index is 261. The fourth-order valence-electron chi connectivity index (χ4n) is 1.31. The Balaban J connectivity index is 3.10. The van der Waals surface area contributed by atoms with Crippen molar-refractivity contribution in [2.75, 3.05) is 0 Å². The summed E-state index contributed by atoms with van der Waals surface area (Å²) in [4.78, 5) is 8.21. The molecule has 0 amide bonds. The average molecular weight is 185 g/mol. The standard InChI is InChI=1S/C9H13ClN2/c1-4-5-8-6(2)11-9(10)12-7(8)3/h4-5H2,1-3H3. The minimum atomic E-state index is 0.352. The zero-order valence-electron chi connectivity index (χ0n) is 7.69. The van der Waals surface area contributed by atoms with Crippen molar-refractivity contribution in [2.45, 2.75) is 33.6 Å². The predicted octanol–water partition coefficient (Wildman–Crippen LogP) is 2.70. The molecule has 0 spiro atoms. The number of nitrogens with zero attached hydrogens (tertiary/aromatic N) is 2. The van der Waals surface area contributed by atoms with E-state index < -0.39 is 0 Å².